The van der Waals surface area contributed by atoms with E-state index >= 15 is 0 Å². The lowest BCUT2D eigenvalue weighted by molar-refractivity contribution is 0.154. The zero-order valence-corrected chi connectivity index (χ0v) is 13.4. The van der Waals surface area contributed by atoms with Gasteiger partial charge in [-0.05, 0) is 33.0 Å². The summed E-state index contributed by atoms with van der Waals surface area (Å²) < 4.78 is 0. The van der Waals surface area contributed by atoms with E-state index in [0.29, 0.717) is 6.54 Å². The molecule has 5 heteroatoms. The quantitative estimate of drug-likeness (QED) is 0.794. The Balaban J connectivity index is 2.54. The molecule has 0 saturated heterocycles. The van der Waals surface area contributed by atoms with Crippen LogP contribution in [0.3, 0.4) is 0 Å². The Morgan fingerprint density at radius 1 is 1.24 bits per heavy atom. The summed E-state index contributed by atoms with van der Waals surface area (Å²) >= 11 is 0. The molecule has 5 nitrogen and oxygen atoms in total. The van der Waals surface area contributed by atoms with Crippen molar-refractivity contribution in [2.24, 2.45) is 0 Å². The lowest BCUT2D eigenvalue weighted by Crippen LogP contribution is -2.48. The van der Waals surface area contributed by atoms with Gasteiger partial charge in [0.15, 0.2) is 0 Å². The fraction of sp³-hybridized carbons (Fsp3) is 0.562. The maximum atomic E-state index is 12.0. The van der Waals surface area contributed by atoms with Crippen molar-refractivity contribution in [3.63, 3.8) is 0 Å². The first-order valence-electron chi connectivity index (χ1n) is 7.27. The van der Waals surface area contributed by atoms with E-state index in [-0.39, 0.29) is 24.7 Å². The van der Waals surface area contributed by atoms with Crippen LogP contribution in [0.1, 0.15) is 12.5 Å². The highest BCUT2D eigenvalue weighted by atomic mass is 16.3. The summed E-state index contributed by atoms with van der Waals surface area (Å²) in [5, 5.41) is 12.0. The summed E-state index contributed by atoms with van der Waals surface area (Å²) in [5.74, 6) is 0. The Hall–Kier alpha value is -1.59. The van der Waals surface area contributed by atoms with Crippen molar-refractivity contribution in [1.82, 2.24) is 15.1 Å². The van der Waals surface area contributed by atoms with E-state index in [1.807, 2.05) is 39.2 Å². The van der Waals surface area contributed by atoms with Crippen LogP contribution in [0.5, 0.6) is 0 Å². The number of aliphatic hydroxyl groups excluding tert-OH is 1. The van der Waals surface area contributed by atoms with Gasteiger partial charge in [0.1, 0.15) is 0 Å². The first-order valence-corrected chi connectivity index (χ1v) is 7.27. The maximum Gasteiger partial charge on any atom is 0.317 e. The number of urea groups is 1. The van der Waals surface area contributed by atoms with E-state index < -0.39 is 0 Å². The van der Waals surface area contributed by atoms with E-state index in [0.717, 1.165) is 6.42 Å². The number of likely N-dealkylation sites (N-methyl/N-ethyl adjacent to an activating group) is 2. The Kier molecular flexibility index (Phi) is 7.19. The molecular formula is C16H27N3O2. The van der Waals surface area contributed by atoms with Gasteiger partial charge in [-0.15, -0.1) is 0 Å². The molecule has 21 heavy (non-hydrogen) atoms. The molecular weight excluding hydrogens is 266 g/mol. The third-order valence-corrected chi connectivity index (χ3v) is 3.78. The molecule has 0 heterocycles. The molecule has 1 aromatic rings. The normalized spacial score (nSPS) is 13.8. The minimum Gasteiger partial charge on any atom is -0.394 e. The van der Waals surface area contributed by atoms with E-state index in [1.54, 1.807) is 7.05 Å². The van der Waals surface area contributed by atoms with Crippen molar-refractivity contribution < 1.29 is 9.90 Å². The highest BCUT2D eigenvalue weighted by Gasteiger charge is 2.17. The van der Waals surface area contributed by atoms with Gasteiger partial charge in [-0.25, -0.2) is 4.79 Å². The molecule has 0 fully saturated rings. The number of carbonyl (C=O) groups excluding carboxylic acids is 1. The topological polar surface area (TPSA) is 55.8 Å². The zero-order chi connectivity index (χ0) is 15.8. The summed E-state index contributed by atoms with van der Waals surface area (Å²) in [6, 6.07) is 10.1. The average molecular weight is 293 g/mol. The Morgan fingerprint density at radius 2 is 1.86 bits per heavy atom. The van der Waals surface area contributed by atoms with Crippen LogP contribution in [0.4, 0.5) is 4.79 Å². The van der Waals surface area contributed by atoms with Gasteiger partial charge < -0.3 is 20.2 Å². The smallest absolute Gasteiger partial charge is 0.317 e. The van der Waals surface area contributed by atoms with Crippen LogP contribution in [-0.2, 0) is 6.42 Å². The lowest BCUT2D eigenvalue weighted by Gasteiger charge is -2.28. The molecule has 0 aliphatic rings. The maximum absolute atomic E-state index is 12.0. The van der Waals surface area contributed by atoms with E-state index in [9.17, 15) is 4.79 Å². The van der Waals surface area contributed by atoms with Crippen molar-refractivity contribution in [3.05, 3.63) is 35.9 Å². The van der Waals surface area contributed by atoms with Crippen molar-refractivity contribution in [2.45, 2.75) is 25.4 Å². The van der Waals surface area contributed by atoms with Gasteiger partial charge in [-0.3, -0.25) is 0 Å². The standard InChI is InChI=1S/C16H27N3O2/c1-13(12-20)19(4)16(21)17-11-15(18(2)3)10-14-8-6-5-7-9-14/h5-9,13,15,20H,10-12H2,1-4H3,(H,17,21). The molecule has 0 aliphatic heterocycles. The zero-order valence-electron chi connectivity index (χ0n) is 13.4. The largest absolute Gasteiger partial charge is 0.394 e. The molecule has 0 aliphatic carbocycles. The fourth-order valence-electron chi connectivity index (χ4n) is 1.98. The first-order chi connectivity index (χ1) is 9.95. The van der Waals surface area contributed by atoms with Gasteiger partial charge in [0.25, 0.3) is 0 Å². The van der Waals surface area contributed by atoms with Gasteiger partial charge in [-0.2, -0.15) is 0 Å². The summed E-state index contributed by atoms with van der Waals surface area (Å²) in [6.45, 7) is 2.35. The second-order valence-electron chi connectivity index (χ2n) is 5.64. The third kappa shape index (κ3) is 5.73. The van der Waals surface area contributed by atoms with E-state index in [4.69, 9.17) is 5.11 Å². The number of nitrogens with zero attached hydrogens (tertiary/aromatic N) is 2. The first kappa shape index (κ1) is 17.5. The predicted molar refractivity (Wildman–Crippen MR) is 85.3 cm³/mol. The van der Waals surface area contributed by atoms with Crippen molar-refractivity contribution in [1.29, 1.82) is 0 Å². The number of aliphatic hydroxyl groups is 1. The number of benzene rings is 1. The minimum atomic E-state index is -0.183. The third-order valence-electron chi connectivity index (χ3n) is 3.78. The van der Waals surface area contributed by atoms with Crippen LogP contribution in [0, 0.1) is 0 Å². The molecule has 2 N–H and O–H groups in total. The molecule has 2 unspecified atom stereocenters. The average Bonchev–Trinajstić information content (AvgIpc) is 2.50. The Morgan fingerprint density at radius 3 is 2.38 bits per heavy atom. The highest BCUT2D eigenvalue weighted by Crippen LogP contribution is 2.06. The molecule has 1 aromatic carbocycles. The summed E-state index contributed by atoms with van der Waals surface area (Å²) in [5.41, 5.74) is 1.25. The monoisotopic (exact) mass is 293 g/mol. The van der Waals surface area contributed by atoms with Gasteiger partial charge in [0.05, 0.1) is 12.6 Å². The van der Waals surface area contributed by atoms with Crippen molar-refractivity contribution in [2.75, 3.05) is 34.3 Å². The molecule has 0 bridgehead atoms. The molecule has 0 spiro atoms. The Labute approximate surface area is 127 Å². The second kappa shape index (κ2) is 8.64. The number of amides is 2. The second-order valence-corrected chi connectivity index (χ2v) is 5.64. The van der Waals surface area contributed by atoms with Crippen LogP contribution in [0.25, 0.3) is 0 Å². The number of nitrogens with one attached hydrogen (secondary N) is 1. The van der Waals surface area contributed by atoms with Crippen LogP contribution < -0.4 is 5.32 Å². The van der Waals surface area contributed by atoms with Gasteiger partial charge in [0, 0.05) is 19.6 Å². The molecule has 0 saturated carbocycles. The predicted octanol–water partition coefficient (Wildman–Crippen LogP) is 1.18. The fourth-order valence-corrected chi connectivity index (χ4v) is 1.98. The Bertz CT molecular complexity index is 423. The summed E-state index contributed by atoms with van der Waals surface area (Å²) in [4.78, 5) is 15.6. The highest BCUT2D eigenvalue weighted by molar-refractivity contribution is 5.74. The molecule has 0 aromatic heterocycles. The molecule has 0 radical (unpaired) electrons. The van der Waals surface area contributed by atoms with Crippen molar-refractivity contribution in [3.8, 4) is 0 Å². The van der Waals surface area contributed by atoms with Crippen molar-refractivity contribution >= 4 is 6.03 Å². The number of rotatable bonds is 7. The number of hydrogen-bond donors (Lipinski definition) is 2. The molecule has 2 amide bonds. The van der Waals surface area contributed by atoms with Gasteiger partial charge >= 0.3 is 6.03 Å². The van der Waals surface area contributed by atoms with Gasteiger partial charge in [0.2, 0.25) is 0 Å². The molecule has 118 valence electrons. The minimum absolute atomic E-state index is 0.0367. The van der Waals surface area contributed by atoms with E-state index in [2.05, 4.69) is 22.3 Å². The van der Waals surface area contributed by atoms with Crippen LogP contribution in [0.15, 0.2) is 30.3 Å². The SMILES string of the molecule is CC(CO)N(C)C(=O)NCC(Cc1ccccc1)N(C)C. The van der Waals surface area contributed by atoms with E-state index in [1.165, 1.54) is 10.5 Å². The molecule has 2 atom stereocenters. The molecule has 1 rings (SSSR count). The van der Waals surface area contributed by atoms with Crippen LogP contribution in [-0.4, -0.2) is 67.3 Å². The lowest BCUT2D eigenvalue weighted by atomic mass is 10.1. The van der Waals surface area contributed by atoms with Crippen LogP contribution in [0.2, 0.25) is 0 Å². The summed E-state index contributed by atoms with van der Waals surface area (Å²) in [6.07, 6.45) is 0.882. The number of hydrogen-bond acceptors (Lipinski definition) is 3. The summed E-state index contributed by atoms with van der Waals surface area (Å²) in [7, 11) is 5.72. The van der Waals surface area contributed by atoms with Crippen LogP contribution >= 0.6 is 0 Å². The number of carbonyl (C=O) groups is 1. The van der Waals surface area contributed by atoms with Gasteiger partial charge in [-0.1, -0.05) is 30.3 Å².